The highest BCUT2D eigenvalue weighted by Crippen LogP contribution is 2.29. The zero-order valence-corrected chi connectivity index (χ0v) is 15.2. The summed E-state index contributed by atoms with van der Waals surface area (Å²) in [5, 5.41) is 0. The summed E-state index contributed by atoms with van der Waals surface area (Å²) in [6, 6.07) is 3.57. The lowest BCUT2D eigenvalue weighted by Crippen LogP contribution is -2.40. The Morgan fingerprint density at radius 3 is 2.56 bits per heavy atom. The van der Waals surface area contributed by atoms with E-state index in [0.717, 1.165) is 61.0 Å². The Morgan fingerprint density at radius 2 is 1.78 bits per heavy atom. The highest BCUT2D eigenvalue weighted by Gasteiger charge is 2.23. The Morgan fingerprint density at radius 1 is 1.00 bits per heavy atom. The fourth-order valence-corrected chi connectivity index (χ4v) is 3.83. The minimum absolute atomic E-state index is 0.159. The zero-order valence-electron chi connectivity index (χ0n) is 15.2. The van der Waals surface area contributed by atoms with Gasteiger partial charge in [0.15, 0.2) is 0 Å². The Bertz CT molecular complexity index is 876. The molecule has 0 bridgehead atoms. The van der Waals surface area contributed by atoms with Gasteiger partial charge >= 0.3 is 6.03 Å². The highest BCUT2D eigenvalue weighted by molar-refractivity contribution is 5.91. The van der Waals surface area contributed by atoms with E-state index in [4.69, 9.17) is 5.73 Å². The molecule has 140 valence electrons. The van der Waals surface area contributed by atoms with Crippen LogP contribution in [0.2, 0.25) is 0 Å². The summed E-state index contributed by atoms with van der Waals surface area (Å²) in [7, 11) is 0. The number of aromatic nitrogens is 2. The molecule has 0 atom stereocenters. The van der Waals surface area contributed by atoms with E-state index in [-0.39, 0.29) is 5.91 Å². The summed E-state index contributed by atoms with van der Waals surface area (Å²) in [5.41, 5.74) is 9.22. The van der Waals surface area contributed by atoms with Gasteiger partial charge in [-0.25, -0.2) is 9.78 Å². The number of rotatable bonds is 3. The molecule has 1 fully saturated rings. The monoisotopic (exact) mass is 365 g/mol. The highest BCUT2D eigenvalue weighted by atomic mass is 16.2. The molecule has 2 aliphatic rings. The van der Waals surface area contributed by atoms with Crippen molar-refractivity contribution in [1.29, 1.82) is 0 Å². The van der Waals surface area contributed by atoms with E-state index in [0.29, 0.717) is 18.8 Å². The van der Waals surface area contributed by atoms with Gasteiger partial charge in [0.1, 0.15) is 5.82 Å². The lowest BCUT2D eigenvalue weighted by molar-refractivity contribution is -0.129. The fourth-order valence-electron chi connectivity index (χ4n) is 3.83. The smallest absolute Gasteiger partial charge is 0.320 e. The van der Waals surface area contributed by atoms with Crippen molar-refractivity contribution in [2.45, 2.75) is 32.1 Å². The number of nitrogens with zero attached hydrogens (tertiary/aromatic N) is 4. The molecular formula is C20H23N5O2. The summed E-state index contributed by atoms with van der Waals surface area (Å²) in [5.74, 6) is 0.804. The molecule has 2 aromatic rings. The van der Waals surface area contributed by atoms with E-state index in [1.165, 1.54) is 4.90 Å². The number of pyridine rings is 2. The molecule has 0 spiro atoms. The van der Waals surface area contributed by atoms with Crippen molar-refractivity contribution >= 4 is 17.8 Å². The number of nitrogens with two attached hydrogens (primary N) is 1. The third-order valence-corrected chi connectivity index (χ3v) is 5.23. The molecule has 0 saturated carbocycles. The van der Waals surface area contributed by atoms with E-state index in [1.807, 2.05) is 17.0 Å². The van der Waals surface area contributed by atoms with Crippen molar-refractivity contribution in [2.24, 2.45) is 5.73 Å². The molecule has 0 aromatic carbocycles. The number of aryl methyl sites for hydroxylation is 1. The predicted octanol–water partition coefficient (Wildman–Crippen LogP) is 2.14. The maximum atomic E-state index is 12.4. The molecule has 7 heteroatoms. The largest absolute Gasteiger partial charge is 0.351 e. The van der Waals surface area contributed by atoms with Crippen LogP contribution < -0.4 is 10.6 Å². The zero-order chi connectivity index (χ0) is 18.8. The molecule has 4 heterocycles. The molecule has 0 unspecified atom stereocenters. The number of hydrogen-bond acceptors (Lipinski definition) is 4. The molecule has 0 radical (unpaired) electrons. The van der Waals surface area contributed by atoms with Gasteiger partial charge in [0.2, 0.25) is 5.91 Å². The first-order valence-corrected chi connectivity index (χ1v) is 9.40. The summed E-state index contributed by atoms with van der Waals surface area (Å²) in [6.07, 6.45) is 9.54. The number of primary amides is 1. The van der Waals surface area contributed by atoms with Gasteiger partial charge < -0.3 is 10.6 Å². The van der Waals surface area contributed by atoms with Crippen molar-refractivity contribution in [1.82, 2.24) is 14.9 Å². The number of carbonyl (C=O) groups excluding carboxylic acids is 2. The lowest BCUT2D eigenvalue weighted by Gasteiger charge is -2.26. The van der Waals surface area contributed by atoms with Gasteiger partial charge in [-0.2, -0.15) is 0 Å². The SMILES string of the molecule is NC(=O)N1CCCc2cc(-c3cncc(CC(=O)N4CCCC4)c3)cnc21. The average Bonchev–Trinajstić information content (AvgIpc) is 3.22. The average molecular weight is 365 g/mol. The fraction of sp³-hybridized carbons (Fsp3) is 0.400. The number of anilines is 1. The standard InChI is InChI=1S/C20H23N5O2/c21-20(27)25-7-3-4-15-10-17(13-23-19(15)25)16-8-14(11-22-12-16)9-18(26)24-5-1-2-6-24/h8,10-13H,1-7,9H2,(H2,21,27). The number of urea groups is 1. The van der Waals surface area contributed by atoms with Crippen LogP contribution in [0, 0.1) is 0 Å². The minimum Gasteiger partial charge on any atom is -0.351 e. The van der Waals surface area contributed by atoms with Gasteiger partial charge in [0.25, 0.3) is 0 Å². The lowest BCUT2D eigenvalue weighted by atomic mass is 10.0. The van der Waals surface area contributed by atoms with Gasteiger partial charge in [-0.05, 0) is 48.9 Å². The number of amides is 3. The molecule has 3 amide bonds. The Labute approximate surface area is 158 Å². The molecular weight excluding hydrogens is 342 g/mol. The van der Waals surface area contributed by atoms with Crippen LogP contribution in [0.4, 0.5) is 10.6 Å². The molecule has 2 aliphatic heterocycles. The third kappa shape index (κ3) is 3.63. The first-order chi connectivity index (χ1) is 13.1. The van der Waals surface area contributed by atoms with E-state index in [9.17, 15) is 9.59 Å². The van der Waals surface area contributed by atoms with Crippen molar-refractivity contribution in [2.75, 3.05) is 24.5 Å². The van der Waals surface area contributed by atoms with Crippen LogP contribution in [0.1, 0.15) is 30.4 Å². The Balaban J connectivity index is 1.57. The number of likely N-dealkylation sites (tertiary alicyclic amines) is 1. The molecule has 2 N–H and O–H groups in total. The van der Waals surface area contributed by atoms with Crippen LogP contribution in [-0.4, -0.2) is 46.4 Å². The number of hydrogen-bond donors (Lipinski definition) is 1. The summed E-state index contributed by atoms with van der Waals surface area (Å²) >= 11 is 0. The van der Waals surface area contributed by atoms with Gasteiger partial charge in [0.05, 0.1) is 6.42 Å². The molecule has 4 rings (SSSR count). The maximum absolute atomic E-state index is 12.4. The first-order valence-electron chi connectivity index (χ1n) is 9.40. The van der Waals surface area contributed by atoms with Crippen LogP contribution in [0.25, 0.3) is 11.1 Å². The second-order valence-corrected chi connectivity index (χ2v) is 7.15. The minimum atomic E-state index is -0.472. The van der Waals surface area contributed by atoms with Crippen LogP contribution in [0.15, 0.2) is 30.7 Å². The molecule has 27 heavy (non-hydrogen) atoms. The normalized spacial score (nSPS) is 16.3. The van der Waals surface area contributed by atoms with Gasteiger partial charge in [-0.1, -0.05) is 0 Å². The third-order valence-electron chi connectivity index (χ3n) is 5.23. The Hall–Kier alpha value is -2.96. The van der Waals surface area contributed by atoms with Crippen LogP contribution in [-0.2, 0) is 17.6 Å². The quantitative estimate of drug-likeness (QED) is 0.902. The van der Waals surface area contributed by atoms with Crippen LogP contribution in [0.5, 0.6) is 0 Å². The topological polar surface area (TPSA) is 92.4 Å². The van der Waals surface area contributed by atoms with Crippen molar-refractivity contribution in [3.63, 3.8) is 0 Å². The van der Waals surface area contributed by atoms with Crippen molar-refractivity contribution in [3.8, 4) is 11.1 Å². The molecule has 7 nitrogen and oxygen atoms in total. The summed E-state index contributed by atoms with van der Waals surface area (Å²) in [4.78, 5) is 36.2. The van der Waals surface area contributed by atoms with E-state index < -0.39 is 6.03 Å². The summed E-state index contributed by atoms with van der Waals surface area (Å²) in [6.45, 7) is 2.32. The van der Waals surface area contributed by atoms with Gasteiger partial charge in [0, 0.05) is 49.4 Å². The van der Waals surface area contributed by atoms with Crippen molar-refractivity contribution < 1.29 is 9.59 Å². The van der Waals surface area contributed by atoms with E-state index in [1.54, 1.807) is 18.6 Å². The predicted molar refractivity (Wildman–Crippen MR) is 102 cm³/mol. The van der Waals surface area contributed by atoms with E-state index in [2.05, 4.69) is 9.97 Å². The van der Waals surface area contributed by atoms with Crippen LogP contribution >= 0.6 is 0 Å². The molecule has 2 aromatic heterocycles. The molecule has 1 saturated heterocycles. The first kappa shape index (κ1) is 17.5. The second-order valence-electron chi connectivity index (χ2n) is 7.15. The number of fused-ring (bicyclic) bond motifs is 1. The maximum Gasteiger partial charge on any atom is 0.320 e. The number of carbonyl (C=O) groups is 2. The van der Waals surface area contributed by atoms with Gasteiger partial charge in [-0.15, -0.1) is 0 Å². The Kier molecular flexibility index (Phi) is 4.75. The molecule has 0 aliphatic carbocycles. The summed E-state index contributed by atoms with van der Waals surface area (Å²) < 4.78 is 0. The van der Waals surface area contributed by atoms with Crippen LogP contribution in [0.3, 0.4) is 0 Å². The second kappa shape index (κ2) is 7.34. The van der Waals surface area contributed by atoms with Crippen molar-refractivity contribution in [3.05, 3.63) is 41.9 Å². The van der Waals surface area contributed by atoms with Gasteiger partial charge in [-0.3, -0.25) is 14.7 Å². The van der Waals surface area contributed by atoms with E-state index >= 15 is 0 Å².